The van der Waals surface area contributed by atoms with Crippen LogP contribution in [0.15, 0.2) is 30.3 Å². The summed E-state index contributed by atoms with van der Waals surface area (Å²) in [4.78, 5) is 27.2. The molecule has 27 heavy (non-hydrogen) atoms. The third kappa shape index (κ3) is 5.67. The lowest BCUT2D eigenvalue weighted by molar-refractivity contribution is -0.134. The van der Waals surface area contributed by atoms with Crippen LogP contribution in [-0.2, 0) is 14.3 Å². The molecule has 0 radical (unpaired) electrons. The molecule has 0 bridgehead atoms. The molecule has 2 fully saturated rings. The number of halogens is 1. The Labute approximate surface area is 167 Å². The minimum absolute atomic E-state index is 0. The summed E-state index contributed by atoms with van der Waals surface area (Å²) in [7, 11) is 0. The molecule has 2 atom stereocenters. The summed E-state index contributed by atoms with van der Waals surface area (Å²) in [6.45, 7) is 5.25. The number of benzene rings is 1. The van der Waals surface area contributed by atoms with Gasteiger partial charge in [0.2, 0.25) is 11.8 Å². The maximum atomic E-state index is 12.9. The van der Waals surface area contributed by atoms with E-state index < -0.39 is 0 Å². The van der Waals surface area contributed by atoms with Crippen molar-refractivity contribution < 1.29 is 14.3 Å². The van der Waals surface area contributed by atoms with E-state index in [-0.39, 0.29) is 42.2 Å². The highest BCUT2D eigenvalue weighted by Gasteiger charge is 2.30. The van der Waals surface area contributed by atoms with Gasteiger partial charge < -0.3 is 20.3 Å². The van der Waals surface area contributed by atoms with Crippen molar-refractivity contribution in [3.63, 3.8) is 0 Å². The van der Waals surface area contributed by atoms with Gasteiger partial charge in [0.05, 0.1) is 19.1 Å². The Bertz CT molecular complexity index is 600. The van der Waals surface area contributed by atoms with Crippen molar-refractivity contribution in [2.75, 3.05) is 32.8 Å². The van der Waals surface area contributed by atoms with E-state index in [1.54, 1.807) is 0 Å². The predicted molar refractivity (Wildman–Crippen MR) is 107 cm³/mol. The molecule has 2 heterocycles. The number of rotatable bonds is 5. The second-order valence-electron chi connectivity index (χ2n) is 7.06. The van der Waals surface area contributed by atoms with E-state index in [9.17, 15) is 9.59 Å². The second kappa shape index (κ2) is 10.6. The van der Waals surface area contributed by atoms with Gasteiger partial charge in [-0.1, -0.05) is 37.3 Å². The van der Waals surface area contributed by atoms with Crippen molar-refractivity contribution in [2.45, 2.75) is 44.2 Å². The van der Waals surface area contributed by atoms with E-state index in [1.165, 1.54) is 0 Å². The van der Waals surface area contributed by atoms with Crippen LogP contribution >= 0.6 is 12.4 Å². The van der Waals surface area contributed by atoms with E-state index in [1.807, 2.05) is 35.2 Å². The van der Waals surface area contributed by atoms with Crippen molar-refractivity contribution in [3.8, 4) is 0 Å². The molecule has 2 saturated heterocycles. The number of nitrogens with one attached hydrogen (secondary N) is 2. The van der Waals surface area contributed by atoms with Crippen LogP contribution in [0.2, 0.25) is 0 Å². The van der Waals surface area contributed by atoms with E-state index >= 15 is 0 Å². The number of amides is 2. The van der Waals surface area contributed by atoms with Crippen LogP contribution in [0, 0.1) is 0 Å². The zero-order valence-electron chi connectivity index (χ0n) is 15.9. The molecule has 0 aliphatic carbocycles. The maximum absolute atomic E-state index is 12.9. The minimum atomic E-state index is -0.258. The second-order valence-corrected chi connectivity index (χ2v) is 7.06. The molecule has 0 aromatic heterocycles. The molecule has 0 saturated carbocycles. The average molecular weight is 396 g/mol. The van der Waals surface area contributed by atoms with E-state index in [0.717, 1.165) is 24.8 Å². The molecule has 3 rings (SSSR count). The van der Waals surface area contributed by atoms with Crippen LogP contribution in [0.5, 0.6) is 0 Å². The van der Waals surface area contributed by atoms with Gasteiger partial charge in [-0.2, -0.15) is 0 Å². The molecule has 0 spiro atoms. The van der Waals surface area contributed by atoms with Crippen molar-refractivity contribution in [1.82, 2.24) is 15.5 Å². The van der Waals surface area contributed by atoms with Gasteiger partial charge in [0.1, 0.15) is 6.04 Å². The lowest BCUT2D eigenvalue weighted by atomic mass is 9.93. The molecule has 2 unspecified atom stereocenters. The molecule has 2 aliphatic rings. The van der Waals surface area contributed by atoms with Gasteiger partial charge in [-0.25, -0.2) is 0 Å². The normalized spacial score (nSPS) is 21.8. The standard InChI is InChI=1S/C20H29N3O3.ClH/c1-2-17(15-6-4-3-5-7-15)20(25)23-11-8-16(9-12-23)22-19(24)18-14-26-13-10-21-18;/h3-7,16-18,21H,2,8-14H2,1H3,(H,22,24);1H. The molecule has 150 valence electrons. The summed E-state index contributed by atoms with van der Waals surface area (Å²) in [5, 5.41) is 6.28. The Hall–Kier alpha value is -1.63. The van der Waals surface area contributed by atoms with Crippen LogP contribution in [-0.4, -0.2) is 61.6 Å². The van der Waals surface area contributed by atoms with Crippen molar-refractivity contribution >= 4 is 24.2 Å². The number of piperidine rings is 1. The molecule has 2 N–H and O–H groups in total. The maximum Gasteiger partial charge on any atom is 0.239 e. The highest BCUT2D eigenvalue weighted by molar-refractivity contribution is 5.85. The molecule has 7 heteroatoms. The largest absolute Gasteiger partial charge is 0.378 e. The monoisotopic (exact) mass is 395 g/mol. The van der Waals surface area contributed by atoms with Gasteiger partial charge in [0.25, 0.3) is 0 Å². The number of ether oxygens (including phenoxy) is 1. The van der Waals surface area contributed by atoms with Crippen molar-refractivity contribution in [2.24, 2.45) is 0 Å². The average Bonchev–Trinajstić information content (AvgIpc) is 2.70. The van der Waals surface area contributed by atoms with Gasteiger partial charge in [0.15, 0.2) is 0 Å². The summed E-state index contributed by atoms with van der Waals surface area (Å²) in [5.74, 6) is 0.127. The van der Waals surface area contributed by atoms with Crippen LogP contribution < -0.4 is 10.6 Å². The summed E-state index contributed by atoms with van der Waals surface area (Å²) in [6.07, 6.45) is 2.40. The number of carbonyl (C=O) groups excluding carboxylic acids is 2. The zero-order chi connectivity index (χ0) is 18.4. The molecular formula is C20H30ClN3O3. The highest BCUT2D eigenvalue weighted by Crippen LogP contribution is 2.24. The zero-order valence-corrected chi connectivity index (χ0v) is 16.7. The number of likely N-dealkylation sites (tertiary alicyclic amines) is 1. The molecule has 2 aliphatic heterocycles. The summed E-state index contributed by atoms with van der Waals surface area (Å²) in [5.41, 5.74) is 1.08. The number of morpholine rings is 1. The topological polar surface area (TPSA) is 70.7 Å². The van der Waals surface area contributed by atoms with Crippen LogP contribution in [0.4, 0.5) is 0 Å². The summed E-state index contributed by atoms with van der Waals surface area (Å²) < 4.78 is 5.35. The molecule has 1 aromatic rings. The quantitative estimate of drug-likeness (QED) is 0.796. The van der Waals surface area contributed by atoms with Crippen LogP contribution in [0.3, 0.4) is 0 Å². The lowest BCUT2D eigenvalue weighted by Crippen LogP contribution is -2.55. The number of carbonyl (C=O) groups is 2. The first-order valence-corrected chi connectivity index (χ1v) is 9.64. The van der Waals surface area contributed by atoms with Crippen LogP contribution in [0.1, 0.15) is 37.7 Å². The first-order chi connectivity index (χ1) is 12.7. The third-order valence-corrected chi connectivity index (χ3v) is 5.30. The summed E-state index contributed by atoms with van der Waals surface area (Å²) >= 11 is 0. The Morgan fingerprint density at radius 2 is 1.96 bits per heavy atom. The van der Waals surface area contributed by atoms with Crippen LogP contribution in [0.25, 0.3) is 0 Å². The van der Waals surface area contributed by atoms with E-state index in [2.05, 4.69) is 17.6 Å². The van der Waals surface area contributed by atoms with Gasteiger partial charge >= 0.3 is 0 Å². The third-order valence-electron chi connectivity index (χ3n) is 5.30. The number of hydrogen-bond acceptors (Lipinski definition) is 4. The Morgan fingerprint density at radius 3 is 2.56 bits per heavy atom. The van der Waals surface area contributed by atoms with Crippen molar-refractivity contribution in [1.29, 1.82) is 0 Å². The Balaban J connectivity index is 0.00000261. The van der Waals surface area contributed by atoms with E-state index in [4.69, 9.17) is 4.74 Å². The van der Waals surface area contributed by atoms with Gasteiger partial charge in [-0.05, 0) is 24.8 Å². The Kier molecular flexibility index (Phi) is 8.54. The fourth-order valence-corrected chi connectivity index (χ4v) is 3.74. The molecule has 1 aromatic carbocycles. The number of hydrogen-bond donors (Lipinski definition) is 2. The molecular weight excluding hydrogens is 366 g/mol. The fraction of sp³-hybridized carbons (Fsp3) is 0.600. The van der Waals surface area contributed by atoms with Crippen molar-refractivity contribution in [3.05, 3.63) is 35.9 Å². The first-order valence-electron chi connectivity index (χ1n) is 9.64. The van der Waals surface area contributed by atoms with Gasteiger partial charge in [-0.3, -0.25) is 9.59 Å². The first kappa shape index (κ1) is 21.7. The van der Waals surface area contributed by atoms with Gasteiger partial charge in [-0.15, -0.1) is 12.4 Å². The predicted octanol–water partition coefficient (Wildman–Crippen LogP) is 1.70. The van der Waals surface area contributed by atoms with Gasteiger partial charge in [0, 0.05) is 25.7 Å². The number of nitrogens with zero attached hydrogens (tertiary/aromatic N) is 1. The molecule has 6 nitrogen and oxygen atoms in total. The minimum Gasteiger partial charge on any atom is -0.378 e. The molecule has 2 amide bonds. The smallest absolute Gasteiger partial charge is 0.239 e. The highest BCUT2D eigenvalue weighted by atomic mass is 35.5. The fourth-order valence-electron chi connectivity index (χ4n) is 3.74. The lowest BCUT2D eigenvalue weighted by Gasteiger charge is -2.35. The SMILES string of the molecule is CCC(C(=O)N1CCC(NC(=O)C2COCCN2)CC1)c1ccccc1.Cl. The van der Waals surface area contributed by atoms with E-state index in [0.29, 0.717) is 32.8 Å². The summed E-state index contributed by atoms with van der Waals surface area (Å²) in [6, 6.07) is 9.86. The Morgan fingerprint density at radius 1 is 1.26 bits per heavy atom.